The van der Waals surface area contributed by atoms with E-state index in [1.807, 2.05) is 24.0 Å². The van der Waals surface area contributed by atoms with Crippen LogP contribution in [0.5, 0.6) is 0 Å². The summed E-state index contributed by atoms with van der Waals surface area (Å²) in [5, 5.41) is 7.44. The molecule has 1 saturated heterocycles. The highest BCUT2D eigenvalue weighted by atomic mass is 16.5. The molecule has 0 radical (unpaired) electrons. The predicted octanol–water partition coefficient (Wildman–Crippen LogP) is 1.16. The van der Waals surface area contributed by atoms with Gasteiger partial charge in [0.05, 0.1) is 19.3 Å². The Hall–Kier alpha value is -1.60. The summed E-state index contributed by atoms with van der Waals surface area (Å²) in [5.41, 5.74) is 1.04. The molecule has 1 N–H and O–H groups in total. The van der Waals surface area contributed by atoms with Gasteiger partial charge in [0.1, 0.15) is 0 Å². The molecule has 1 atom stereocenters. The van der Waals surface area contributed by atoms with Crippen molar-refractivity contribution in [2.45, 2.75) is 38.9 Å². The van der Waals surface area contributed by atoms with E-state index in [0.29, 0.717) is 19.7 Å². The number of likely N-dealkylation sites (tertiary alicyclic amines) is 1. The van der Waals surface area contributed by atoms with Crippen LogP contribution in [0.2, 0.25) is 0 Å². The average molecular weight is 323 g/mol. The van der Waals surface area contributed by atoms with Gasteiger partial charge in [-0.2, -0.15) is 5.10 Å². The molecule has 2 heterocycles. The first-order valence-electron chi connectivity index (χ1n) is 8.36. The lowest BCUT2D eigenvalue weighted by Crippen LogP contribution is -2.51. The number of likely N-dealkylation sites (N-methyl/N-ethyl adjacent to an activating group) is 1. The minimum atomic E-state index is -0.0217. The number of ether oxygens (including phenoxy) is 1. The molecule has 1 aromatic rings. The van der Waals surface area contributed by atoms with Crippen molar-refractivity contribution in [1.29, 1.82) is 0 Å². The number of carbonyl (C=O) groups excluding carboxylic acids is 1. The monoisotopic (exact) mass is 323 g/mol. The van der Waals surface area contributed by atoms with E-state index in [0.717, 1.165) is 38.0 Å². The Morgan fingerprint density at radius 2 is 2.39 bits per heavy atom. The first-order chi connectivity index (χ1) is 11.1. The van der Waals surface area contributed by atoms with E-state index in [1.165, 1.54) is 0 Å². The molecule has 1 fully saturated rings. The molecule has 2 rings (SSSR count). The fourth-order valence-corrected chi connectivity index (χ4v) is 2.89. The first kappa shape index (κ1) is 17.7. The maximum atomic E-state index is 12.6. The zero-order valence-corrected chi connectivity index (χ0v) is 14.5. The Bertz CT molecular complexity index is 491. The van der Waals surface area contributed by atoms with E-state index < -0.39 is 0 Å². The van der Waals surface area contributed by atoms with Crippen molar-refractivity contribution in [1.82, 2.24) is 24.9 Å². The molecule has 7 nitrogen and oxygen atoms in total. The number of hydrogen-bond acceptors (Lipinski definition) is 4. The van der Waals surface area contributed by atoms with Crippen LogP contribution in [0.4, 0.5) is 4.79 Å². The third-order valence-electron chi connectivity index (χ3n) is 4.19. The van der Waals surface area contributed by atoms with Crippen molar-refractivity contribution in [3.63, 3.8) is 0 Å². The van der Waals surface area contributed by atoms with Crippen LogP contribution in [0.15, 0.2) is 12.4 Å². The molecule has 23 heavy (non-hydrogen) atoms. The van der Waals surface area contributed by atoms with E-state index in [1.54, 1.807) is 12.0 Å². The SMILES string of the molecule is CCn1cc(CN(CCOC)C(=O)NC2CCCN(C)C2)cn1. The van der Waals surface area contributed by atoms with Gasteiger partial charge in [0.15, 0.2) is 0 Å². The van der Waals surface area contributed by atoms with Gasteiger partial charge in [-0.15, -0.1) is 0 Å². The molecular formula is C16H29N5O2. The molecule has 1 aromatic heterocycles. The van der Waals surface area contributed by atoms with Gasteiger partial charge in [-0.3, -0.25) is 4.68 Å². The van der Waals surface area contributed by atoms with Gasteiger partial charge < -0.3 is 19.9 Å². The zero-order chi connectivity index (χ0) is 16.7. The van der Waals surface area contributed by atoms with Gasteiger partial charge in [-0.05, 0) is 33.4 Å². The van der Waals surface area contributed by atoms with Crippen LogP contribution >= 0.6 is 0 Å². The van der Waals surface area contributed by atoms with Crippen molar-refractivity contribution in [2.24, 2.45) is 0 Å². The molecular weight excluding hydrogens is 294 g/mol. The highest BCUT2D eigenvalue weighted by molar-refractivity contribution is 5.74. The van der Waals surface area contributed by atoms with Gasteiger partial charge >= 0.3 is 6.03 Å². The Kier molecular flexibility index (Phi) is 6.85. The minimum Gasteiger partial charge on any atom is -0.383 e. The van der Waals surface area contributed by atoms with Crippen molar-refractivity contribution in [3.8, 4) is 0 Å². The number of methoxy groups -OCH3 is 1. The molecule has 1 unspecified atom stereocenters. The first-order valence-corrected chi connectivity index (χ1v) is 8.36. The van der Waals surface area contributed by atoms with Crippen molar-refractivity contribution in [2.75, 3.05) is 40.4 Å². The number of urea groups is 1. The number of nitrogens with one attached hydrogen (secondary N) is 1. The van der Waals surface area contributed by atoms with Gasteiger partial charge in [0.25, 0.3) is 0 Å². The second-order valence-electron chi connectivity index (χ2n) is 6.17. The van der Waals surface area contributed by atoms with E-state index in [-0.39, 0.29) is 12.1 Å². The summed E-state index contributed by atoms with van der Waals surface area (Å²) in [4.78, 5) is 16.7. The van der Waals surface area contributed by atoms with E-state index >= 15 is 0 Å². The van der Waals surface area contributed by atoms with E-state index in [2.05, 4.69) is 22.4 Å². The van der Waals surface area contributed by atoms with Crippen LogP contribution in [0.25, 0.3) is 0 Å². The summed E-state index contributed by atoms with van der Waals surface area (Å²) in [5.74, 6) is 0. The topological polar surface area (TPSA) is 62.6 Å². The molecule has 0 saturated carbocycles. The van der Waals surface area contributed by atoms with Crippen LogP contribution < -0.4 is 5.32 Å². The fourth-order valence-electron chi connectivity index (χ4n) is 2.89. The molecule has 130 valence electrons. The lowest BCUT2D eigenvalue weighted by molar-refractivity contribution is 0.140. The summed E-state index contributed by atoms with van der Waals surface area (Å²) < 4.78 is 7.02. The van der Waals surface area contributed by atoms with Crippen LogP contribution in [-0.2, 0) is 17.8 Å². The van der Waals surface area contributed by atoms with Crippen LogP contribution in [0, 0.1) is 0 Å². The molecule has 0 aromatic carbocycles. The number of amides is 2. The van der Waals surface area contributed by atoms with Crippen molar-refractivity contribution >= 4 is 6.03 Å². The normalized spacial score (nSPS) is 18.8. The van der Waals surface area contributed by atoms with Crippen LogP contribution in [-0.4, -0.2) is 72.1 Å². The third kappa shape index (κ3) is 5.51. The van der Waals surface area contributed by atoms with Gasteiger partial charge in [0, 0.05) is 44.5 Å². The summed E-state index contributed by atoms with van der Waals surface area (Å²) in [6.07, 6.45) is 5.98. The van der Waals surface area contributed by atoms with E-state index in [4.69, 9.17) is 4.74 Å². The Morgan fingerprint density at radius 3 is 3.04 bits per heavy atom. The van der Waals surface area contributed by atoms with Gasteiger partial charge in [-0.1, -0.05) is 0 Å². The zero-order valence-electron chi connectivity index (χ0n) is 14.5. The summed E-state index contributed by atoms with van der Waals surface area (Å²) in [6, 6.07) is 0.205. The highest BCUT2D eigenvalue weighted by Gasteiger charge is 2.22. The molecule has 7 heteroatoms. The lowest BCUT2D eigenvalue weighted by atomic mass is 10.1. The molecule has 1 aliphatic rings. The molecule has 0 aliphatic carbocycles. The predicted molar refractivity (Wildman–Crippen MR) is 89.2 cm³/mol. The smallest absolute Gasteiger partial charge is 0.318 e. The average Bonchev–Trinajstić information content (AvgIpc) is 2.99. The molecule has 1 aliphatic heterocycles. The van der Waals surface area contributed by atoms with Gasteiger partial charge in [0.2, 0.25) is 0 Å². The van der Waals surface area contributed by atoms with Crippen molar-refractivity contribution in [3.05, 3.63) is 18.0 Å². The number of aromatic nitrogens is 2. The quantitative estimate of drug-likeness (QED) is 0.818. The largest absolute Gasteiger partial charge is 0.383 e. The lowest BCUT2D eigenvalue weighted by Gasteiger charge is -2.32. The number of nitrogens with zero attached hydrogens (tertiary/aromatic N) is 4. The third-order valence-corrected chi connectivity index (χ3v) is 4.19. The summed E-state index contributed by atoms with van der Waals surface area (Å²) in [7, 11) is 3.75. The van der Waals surface area contributed by atoms with Crippen LogP contribution in [0.1, 0.15) is 25.3 Å². The van der Waals surface area contributed by atoms with E-state index in [9.17, 15) is 4.79 Å². The second-order valence-corrected chi connectivity index (χ2v) is 6.17. The highest BCUT2D eigenvalue weighted by Crippen LogP contribution is 2.10. The van der Waals surface area contributed by atoms with Crippen molar-refractivity contribution < 1.29 is 9.53 Å². The standard InChI is InChI=1S/C16H29N5O2/c1-4-21-12-14(10-17-21)11-20(8-9-23-3)16(22)18-15-6-5-7-19(2)13-15/h10,12,15H,4-9,11,13H2,1-3H3,(H,18,22). The second kappa shape index (κ2) is 8.88. The number of carbonyl (C=O) groups is 1. The number of hydrogen-bond donors (Lipinski definition) is 1. The number of piperidine rings is 1. The number of rotatable bonds is 7. The molecule has 2 amide bonds. The number of aryl methyl sites for hydroxylation is 1. The maximum Gasteiger partial charge on any atom is 0.318 e. The van der Waals surface area contributed by atoms with Crippen LogP contribution in [0.3, 0.4) is 0 Å². The minimum absolute atomic E-state index is 0.0217. The maximum absolute atomic E-state index is 12.6. The summed E-state index contributed by atoms with van der Waals surface area (Å²) >= 11 is 0. The Morgan fingerprint density at radius 1 is 1.57 bits per heavy atom. The fraction of sp³-hybridized carbons (Fsp3) is 0.750. The molecule has 0 spiro atoms. The molecule has 0 bridgehead atoms. The Balaban J connectivity index is 1.94. The Labute approximate surface area is 138 Å². The summed E-state index contributed by atoms with van der Waals surface area (Å²) in [6.45, 7) is 6.55. The van der Waals surface area contributed by atoms with Gasteiger partial charge in [-0.25, -0.2) is 4.79 Å².